The van der Waals surface area contributed by atoms with Crippen molar-refractivity contribution in [1.82, 2.24) is 4.98 Å². The lowest BCUT2D eigenvalue weighted by molar-refractivity contribution is -0.111. The van der Waals surface area contributed by atoms with E-state index in [4.69, 9.17) is 14.2 Å². The number of fused-ring (bicyclic) bond motifs is 1. The fraction of sp³-hybridized carbons (Fsp3) is 0.158. The second-order valence-electron chi connectivity index (χ2n) is 5.26. The third-order valence-corrected chi connectivity index (χ3v) is 4.62. The molecule has 3 aromatic rings. The molecule has 0 fully saturated rings. The van der Waals surface area contributed by atoms with Crippen molar-refractivity contribution < 1.29 is 19.0 Å². The quantitative estimate of drug-likeness (QED) is 0.665. The Morgan fingerprint density at radius 1 is 1.08 bits per heavy atom. The highest BCUT2D eigenvalue weighted by molar-refractivity contribution is 7.19. The molecule has 26 heavy (non-hydrogen) atoms. The average molecular weight is 370 g/mol. The van der Waals surface area contributed by atoms with Crippen molar-refractivity contribution in [2.75, 3.05) is 26.6 Å². The summed E-state index contributed by atoms with van der Waals surface area (Å²) >= 11 is 1.53. The number of hydrogen-bond acceptors (Lipinski definition) is 6. The zero-order chi connectivity index (χ0) is 18.5. The first-order valence-electron chi connectivity index (χ1n) is 7.79. The fourth-order valence-corrected chi connectivity index (χ4v) is 3.32. The number of nitrogens with one attached hydrogen (secondary N) is 1. The molecule has 0 radical (unpaired) electrons. The highest BCUT2D eigenvalue weighted by Crippen LogP contribution is 2.39. The first kappa shape index (κ1) is 17.8. The Morgan fingerprint density at radius 3 is 2.38 bits per heavy atom. The van der Waals surface area contributed by atoms with Crippen LogP contribution in [0.1, 0.15) is 5.01 Å². The van der Waals surface area contributed by atoms with E-state index in [1.165, 1.54) is 38.7 Å². The van der Waals surface area contributed by atoms with Crippen LogP contribution in [0.5, 0.6) is 17.2 Å². The van der Waals surface area contributed by atoms with Crippen molar-refractivity contribution in [3.8, 4) is 17.2 Å². The van der Waals surface area contributed by atoms with Crippen LogP contribution in [0.15, 0.2) is 42.5 Å². The van der Waals surface area contributed by atoms with E-state index in [1.807, 2.05) is 24.3 Å². The molecule has 0 aliphatic rings. The molecule has 0 atom stereocenters. The second kappa shape index (κ2) is 7.88. The Bertz CT molecular complexity index is 907. The number of rotatable bonds is 6. The molecule has 2 aromatic carbocycles. The number of ether oxygens (including phenoxy) is 3. The molecule has 7 heteroatoms. The minimum atomic E-state index is -0.279. The van der Waals surface area contributed by atoms with E-state index in [0.717, 1.165) is 15.2 Å². The Morgan fingerprint density at radius 2 is 1.77 bits per heavy atom. The summed E-state index contributed by atoms with van der Waals surface area (Å²) in [5.41, 5.74) is 1.46. The number of aromatic nitrogens is 1. The molecule has 0 saturated heterocycles. The van der Waals surface area contributed by atoms with Gasteiger partial charge < -0.3 is 19.5 Å². The summed E-state index contributed by atoms with van der Waals surface area (Å²) in [5, 5.41) is 3.55. The van der Waals surface area contributed by atoms with Crippen molar-refractivity contribution in [3.05, 3.63) is 47.5 Å². The lowest BCUT2D eigenvalue weighted by atomic mass is 10.2. The van der Waals surface area contributed by atoms with Crippen LogP contribution < -0.4 is 19.5 Å². The van der Waals surface area contributed by atoms with Crippen molar-refractivity contribution in [2.45, 2.75) is 0 Å². The molecule has 134 valence electrons. The maximum absolute atomic E-state index is 12.2. The Kier molecular flexibility index (Phi) is 5.38. The number of anilines is 1. The summed E-state index contributed by atoms with van der Waals surface area (Å²) in [6.45, 7) is 0. The predicted molar refractivity (Wildman–Crippen MR) is 103 cm³/mol. The number of carbonyl (C=O) groups excluding carboxylic acids is 1. The molecule has 1 heterocycles. The SMILES string of the molecule is COc1cc(NC(=O)/C=C/c2nc3ccccc3s2)cc(OC)c1OC. The normalized spacial score (nSPS) is 10.9. The molecule has 0 aliphatic carbocycles. The molecule has 0 unspecified atom stereocenters. The van der Waals surface area contributed by atoms with Crippen LogP contribution in [0.2, 0.25) is 0 Å². The molecule has 1 amide bonds. The van der Waals surface area contributed by atoms with Gasteiger partial charge in [-0.2, -0.15) is 0 Å². The van der Waals surface area contributed by atoms with Gasteiger partial charge >= 0.3 is 0 Å². The van der Waals surface area contributed by atoms with Gasteiger partial charge in [-0.25, -0.2) is 4.98 Å². The van der Waals surface area contributed by atoms with E-state index in [1.54, 1.807) is 18.2 Å². The van der Waals surface area contributed by atoms with Gasteiger partial charge in [0.15, 0.2) is 11.5 Å². The standard InChI is InChI=1S/C19H18N2O4S/c1-23-14-10-12(11-15(24-2)19(14)25-3)20-17(22)8-9-18-21-13-6-4-5-7-16(13)26-18/h4-11H,1-3H3,(H,20,22)/b9-8+. The van der Waals surface area contributed by atoms with Gasteiger partial charge in [-0.05, 0) is 18.2 Å². The van der Waals surface area contributed by atoms with Gasteiger partial charge in [0.25, 0.3) is 0 Å². The first-order valence-corrected chi connectivity index (χ1v) is 8.61. The third-order valence-electron chi connectivity index (χ3n) is 3.62. The number of nitrogens with zero attached hydrogens (tertiary/aromatic N) is 1. The van der Waals surface area contributed by atoms with Crippen LogP contribution in [-0.4, -0.2) is 32.2 Å². The van der Waals surface area contributed by atoms with E-state index in [9.17, 15) is 4.79 Å². The largest absolute Gasteiger partial charge is 0.493 e. The summed E-state index contributed by atoms with van der Waals surface area (Å²) in [6.07, 6.45) is 3.14. The molecule has 3 rings (SSSR count). The summed E-state index contributed by atoms with van der Waals surface area (Å²) < 4.78 is 16.9. The van der Waals surface area contributed by atoms with Gasteiger partial charge in [-0.1, -0.05) is 12.1 Å². The zero-order valence-corrected chi connectivity index (χ0v) is 15.4. The third kappa shape index (κ3) is 3.78. The average Bonchev–Trinajstić information content (AvgIpc) is 3.08. The molecule has 0 bridgehead atoms. The Labute approximate surface area is 155 Å². The molecule has 1 aromatic heterocycles. The van der Waals surface area contributed by atoms with Gasteiger partial charge in [0.2, 0.25) is 11.7 Å². The molecule has 0 aliphatic heterocycles. The van der Waals surface area contributed by atoms with Crippen molar-refractivity contribution in [2.24, 2.45) is 0 Å². The van der Waals surface area contributed by atoms with Crippen molar-refractivity contribution in [3.63, 3.8) is 0 Å². The summed E-state index contributed by atoms with van der Waals surface area (Å²) in [7, 11) is 4.57. The van der Waals surface area contributed by atoms with Gasteiger partial charge in [0.1, 0.15) is 5.01 Å². The second-order valence-corrected chi connectivity index (χ2v) is 6.32. The van der Waals surface area contributed by atoms with Gasteiger partial charge in [0, 0.05) is 23.9 Å². The molecule has 0 saturated carbocycles. The lowest BCUT2D eigenvalue weighted by Gasteiger charge is -2.14. The van der Waals surface area contributed by atoms with E-state index < -0.39 is 0 Å². The van der Waals surface area contributed by atoms with Gasteiger partial charge in [-0.3, -0.25) is 4.79 Å². The minimum absolute atomic E-state index is 0.279. The number of benzene rings is 2. The minimum Gasteiger partial charge on any atom is -0.493 e. The highest BCUT2D eigenvalue weighted by Gasteiger charge is 2.14. The maximum atomic E-state index is 12.2. The first-order chi connectivity index (χ1) is 12.6. The number of hydrogen-bond donors (Lipinski definition) is 1. The molecule has 0 spiro atoms. The van der Waals surface area contributed by atoms with E-state index in [-0.39, 0.29) is 5.91 Å². The smallest absolute Gasteiger partial charge is 0.248 e. The van der Waals surface area contributed by atoms with Crippen LogP contribution >= 0.6 is 11.3 Å². The lowest BCUT2D eigenvalue weighted by Crippen LogP contribution is -2.08. The summed E-state index contributed by atoms with van der Waals surface area (Å²) in [6, 6.07) is 11.2. The topological polar surface area (TPSA) is 69.7 Å². The maximum Gasteiger partial charge on any atom is 0.248 e. The number of para-hydroxylation sites is 1. The van der Waals surface area contributed by atoms with Crippen LogP contribution in [0.3, 0.4) is 0 Å². The number of amides is 1. The number of thiazole rings is 1. The zero-order valence-electron chi connectivity index (χ0n) is 14.6. The fourth-order valence-electron chi connectivity index (χ4n) is 2.45. The van der Waals surface area contributed by atoms with E-state index in [2.05, 4.69) is 10.3 Å². The van der Waals surface area contributed by atoms with E-state index in [0.29, 0.717) is 22.9 Å². The van der Waals surface area contributed by atoms with Crippen LogP contribution in [0.4, 0.5) is 5.69 Å². The van der Waals surface area contributed by atoms with Crippen LogP contribution in [-0.2, 0) is 4.79 Å². The molecule has 6 nitrogen and oxygen atoms in total. The molecular weight excluding hydrogens is 352 g/mol. The Hall–Kier alpha value is -3.06. The van der Waals surface area contributed by atoms with Gasteiger partial charge in [-0.15, -0.1) is 11.3 Å². The van der Waals surface area contributed by atoms with E-state index >= 15 is 0 Å². The van der Waals surface area contributed by atoms with Crippen LogP contribution in [0, 0.1) is 0 Å². The highest BCUT2D eigenvalue weighted by atomic mass is 32.1. The monoisotopic (exact) mass is 370 g/mol. The summed E-state index contributed by atoms with van der Waals surface area (Å²) in [5.74, 6) is 1.13. The predicted octanol–water partition coefficient (Wildman–Crippen LogP) is 3.97. The molecular formula is C19H18N2O4S. The van der Waals surface area contributed by atoms with Gasteiger partial charge in [0.05, 0.1) is 31.5 Å². The Balaban J connectivity index is 1.77. The van der Waals surface area contributed by atoms with Crippen LogP contribution in [0.25, 0.3) is 16.3 Å². The van der Waals surface area contributed by atoms with Crippen molar-refractivity contribution >= 4 is 39.2 Å². The van der Waals surface area contributed by atoms with Crippen molar-refractivity contribution in [1.29, 1.82) is 0 Å². The molecule has 1 N–H and O–H groups in total. The summed E-state index contributed by atoms with van der Waals surface area (Å²) in [4.78, 5) is 16.7. The number of carbonyl (C=O) groups is 1. The number of methoxy groups -OCH3 is 3.